The minimum absolute atomic E-state index is 0.109. The maximum atomic E-state index is 12.4. The van der Waals surface area contributed by atoms with Crippen LogP contribution in [0.25, 0.3) is 17.0 Å². The number of pyridine rings is 1. The number of ether oxygens (including phenoxy) is 1. The second-order valence-corrected chi connectivity index (χ2v) is 10.3. The van der Waals surface area contributed by atoms with Gasteiger partial charge in [0, 0.05) is 23.6 Å². The topological polar surface area (TPSA) is 127 Å². The minimum Gasteiger partial charge on any atom is -0.477 e. The zero-order valence-electron chi connectivity index (χ0n) is 20.6. The van der Waals surface area contributed by atoms with Crippen LogP contribution in [0.2, 0.25) is 0 Å². The zero-order valence-corrected chi connectivity index (χ0v) is 20.6. The molecule has 182 valence electrons. The Hall–Kier alpha value is -3.11. The summed E-state index contributed by atoms with van der Waals surface area (Å²) in [7, 11) is -0.718. The van der Waals surface area contributed by atoms with E-state index in [1.807, 2.05) is 33.8 Å². The number of benzene rings is 1. The van der Waals surface area contributed by atoms with Crippen LogP contribution < -0.4 is 10.7 Å². The third-order valence-electron chi connectivity index (χ3n) is 5.88. The van der Waals surface area contributed by atoms with Gasteiger partial charge in [-0.05, 0) is 71.6 Å². The largest absolute Gasteiger partial charge is 0.492 e. The molecular formula is C24H31BN2O7. The number of amides is 1. The van der Waals surface area contributed by atoms with E-state index in [-0.39, 0.29) is 17.5 Å². The Morgan fingerprint density at radius 3 is 2.35 bits per heavy atom. The highest BCUT2D eigenvalue weighted by molar-refractivity contribution is 6.56. The molecule has 1 fully saturated rings. The minimum atomic E-state index is -1.29. The molecule has 34 heavy (non-hydrogen) atoms. The Kier molecular flexibility index (Phi) is 6.70. The number of hydrogen-bond donors (Lipinski definition) is 3. The van der Waals surface area contributed by atoms with Crippen LogP contribution in [-0.4, -0.2) is 52.6 Å². The van der Waals surface area contributed by atoms with E-state index in [1.54, 1.807) is 39.0 Å². The van der Waals surface area contributed by atoms with E-state index in [1.165, 1.54) is 6.20 Å². The molecule has 0 unspecified atom stereocenters. The monoisotopic (exact) mass is 470 g/mol. The van der Waals surface area contributed by atoms with Gasteiger partial charge in [0.1, 0.15) is 11.2 Å². The summed E-state index contributed by atoms with van der Waals surface area (Å²) in [5.74, 6) is -1.29. The molecule has 3 rings (SSSR count). The highest BCUT2D eigenvalue weighted by Crippen LogP contribution is 2.38. The van der Waals surface area contributed by atoms with E-state index < -0.39 is 41.4 Å². The van der Waals surface area contributed by atoms with Crippen molar-refractivity contribution in [3.63, 3.8) is 0 Å². The van der Waals surface area contributed by atoms with E-state index in [0.29, 0.717) is 16.6 Å². The second kappa shape index (κ2) is 8.92. The van der Waals surface area contributed by atoms with Crippen LogP contribution in [0.1, 0.15) is 64.4 Å². The van der Waals surface area contributed by atoms with Gasteiger partial charge in [-0.25, -0.2) is 9.59 Å². The maximum absolute atomic E-state index is 12.4. The number of hydrogen-bond acceptors (Lipinski definition) is 6. The number of alkyl carbamates (subject to hydrolysis) is 1. The molecule has 1 saturated heterocycles. The van der Waals surface area contributed by atoms with Crippen LogP contribution in [-0.2, 0) is 14.0 Å². The molecule has 9 nitrogen and oxygen atoms in total. The third-order valence-corrected chi connectivity index (χ3v) is 5.88. The van der Waals surface area contributed by atoms with E-state index in [4.69, 9.17) is 14.0 Å². The summed E-state index contributed by atoms with van der Waals surface area (Å²) in [6.07, 6.45) is 2.42. The SMILES string of the molecule is CC(C)(C)OC(=O)NCC(=Cc1ccc2c(=O)c(C(=O)O)c[nH]c2c1)B1OC(C)(C)C(C)(C)O1. The van der Waals surface area contributed by atoms with Gasteiger partial charge in [-0.3, -0.25) is 4.79 Å². The summed E-state index contributed by atoms with van der Waals surface area (Å²) < 4.78 is 17.7. The number of aromatic nitrogens is 1. The normalized spacial score (nSPS) is 17.6. The Labute approximate surface area is 198 Å². The molecule has 10 heteroatoms. The summed E-state index contributed by atoms with van der Waals surface area (Å²) in [5.41, 5.74) is -0.843. The van der Waals surface area contributed by atoms with Crippen molar-refractivity contribution in [1.82, 2.24) is 10.3 Å². The first-order valence-electron chi connectivity index (χ1n) is 11.0. The number of carbonyl (C=O) groups is 2. The van der Waals surface area contributed by atoms with Crippen LogP contribution in [0, 0.1) is 0 Å². The van der Waals surface area contributed by atoms with Gasteiger partial charge in [0.05, 0.1) is 11.2 Å². The van der Waals surface area contributed by atoms with E-state index in [0.717, 1.165) is 0 Å². The van der Waals surface area contributed by atoms with E-state index >= 15 is 0 Å². The molecule has 1 aromatic carbocycles. The lowest BCUT2D eigenvalue weighted by Crippen LogP contribution is -2.41. The Bertz CT molecular complexity index is 1190. The molecule has 3 N–H and O–H groups in total. The van der Waals surface area contributed by atoms with Crippen LogP contribution in [0.4, 0.5) is 4.79 Å². The first-order chi connectivity index (χ1) is 15.6. The van der Waals surface area contributed by atoms with Crippen molar-refractivity contribution in [2.24, 2.45) is 0 Å². The van der Waals surface area contributed by atoms with Crippen molar-refractivity contribution in [2.45, 2.75) is 65.3 Å². The molecule has 0 atom stereocenters. The van der Waals surface area contributed by atoms with Crippen LogP contribution in [0.3, 0.4) is 0 Å². The molecule has 0 spiro atoms. The summed E-state index contributed by atoms with van der Waals surface area (Å²) in [6, 6.07) is 4.98. The molecule has 1 amide bonds. The molecule has 1 aliphatic heterocycles. The summed E-state index contributed by atoms with van der Waals surface area (Å²) in [4.78, 5) is 38.8. The zero-order chi connectivity index (χ0) is 25.5. The van der Waals surface area contributed by atoms with Crippen molar-refractivity contribution in [3.05, 3.63) is 51.2 Å². The first-order valence-corrected chi connectivity index (χ1v) is 11.0. The average Bonchev–Trinajstić information content (AvgIpc) is 2.90. The number of carboxylic acid groups (broad SMARTS) is 1. The fourth-order valence-electron chi connectivity index (χ4n) is 3.39. The van der Waals surface area contributed by atoms with Gasteiger partial charge >= 0.3 is 19.2 Å². The van der Waals surface area contributed by atoms with Crippen LogP contribution in [0.5, 0.6) is 0 Å². The lowest BCUT2D eigenvalue weighted by atomic mass is 9.77. The highest BCUT2D eigenvalue weighted by atomic mass is 16.7. The Morgan fingerprint density at radius 2 is 1.79 bits per heavy atom. The molecule has 0 saturated carbocycles. The molecule has 2 aromatic rings. The second-order valence-electron chi connectivity index (χ2n) is 10.3. The van der Waals surface area contributed by atoms with Crippen molar-refractivity contribution >= 4 is 36.2 Å². The number of rotatable bonds is 5. The Morgan fingerprint density at radius 1 is 1.18 bits per heavy atom. The van der Waals surface area contributed by atoms with Crippen molar-refractivity contribution in [1.29, 1.82) is 0 Å². The lowest BCUT2D eigenvalue weighted by Gasteiger charge is -2.32. The third kappa shape index (κ3) is 5.51. The Balaban J connectivity index is 1.96. The van der Waals surface area contributed by atoms with Crippen LogP contribution in [0.15, 0.2) is 34.7 Å². The van der Waals surface area contributed by atoms with Gasteiger partial charge in [-0.1, -0.05) is 12.1 Å². The van der Waals surface area contributed by atoms with E-state index in [9.17, 15) is 19.5 Å². The molecule has 1 aromatic heterocycles. The number of fused-ring (bicyclic) bond motifs is 1. The number of carbonyl (C=O) groups excluding carboxylic acids is 1. The predicted molar refractivity (Wildman–Crippen MR) is 130 cm³/mol. The predicted octanol–water partition coefficient (Wildman–Crippen LogP) is 3.77. The molecule has 0 bridgehead atoms. The molecule has 2 heterocycles. The van der Waals surface area contributed by atoms with Crippen LogP contribution >= 0.6 is 0 Å². The summed E-state index contributed by atoms with van der Waals surface area (Å²) in [5, 5.41) is 12.2. The number of aromatic carboxylic acids is 1. The van der Waals surface area contributed by atoms with Gasteiger partial charge in [-0.15, -0.1) is 0 Å². The van der Waals surface area contributed by atoms with E-state index in [2.05, 4.69) is 10.3 Å². The maximum Gasteiger partial charge on any atom is 0.492 e. The highest BCUT2D eigenvalue weighted by Gasteiger charge is 2.52. The molecule has 0 aliphatic carbocycles. The van der Waals surface area contributed by atoms with Gasteiger partial charge < -0.3 is 29.5 Å². The molecule has 0 radical (unpaired) electrons. The molecular weight excluding hydrogens is 439 g/mol. The molecule has 1 aliphatic rings. The number of aromatic amines is 1. The van der Waals surface area contributed by atoms with Gasteiger partial charge in [0.2, 0.25) is 5.43 Å². The summed E-state index contributed by atoms with van der Waals surface area (Å²) in [6.45, 7) is 13.2. The van der Waals surface area contributed by atoms with Crippen molar-refractivity contribution in [3.8, 4) is 0 Å². The lowest BCUT2D eigenvalue weighted by molar-refractivity contribution is 0.00578. The average molecular weight is 470 g/mol. The number of H-pyrrole nitrogens is 1. The van der Waals surface area contributed by atoms with Gasteiger partial charge in [0.25, 0.3) is 0 Å². The standard InChI is InChI=1S/C24H31BN2O7/c1-22(2,3)32-21(31)27-12-15(25-33-23(4,5)24(6,7)34-25)10-14-8-9-16-18(11-14)26-13-17(19(16)28)20(29)30/h8-11,13H,12H2,1-7H3,(H,26,28)(H,27,31)(H,29,30). The van der Waals surface area contributed by atoms with Gasteiger partial charge in [0.15, 0.2) is 0 Å². The number of carboxylic acids is 1. The first kappa shape index (κ1) is 25.5. The van der Waals surface area contributed by atoms with Crippen molar-refractivity contribution in [2.75, 3.05) is 6.54 Å². The van der Waals surface area contributed by atoms with Gasteiger partial charge in [-0.2, -0.15) is 0 Å². The number of nitrogens with one attached hydrogen (secondary N) is 2. The fraction of sp³-hybridized carbons (Fsp3) is 0.458. The quantitative estimate of drug-likeness (QED) is 0.568. The summed E-state index contributed by atoms with van der Waals surface area (Å²) >= 11 is 0. The smallest absolute Gasteiger partial charge is 0.477 e. The fourth-order valence-corrected chi connectivity index (χ4v) is 3.39. The van der Waals surface area contributed by atoms with Crippen molar-refractivity contribution < 1.29 is 28.7 Å².